The number of pyridine rings is 1. The molecule has 0 aliphatic heterocycles. The Labute approximate surface area is 171 Å². The van der Waals surface area contributed by atoms with Crippen LogP contribution in [0.15, 0.2) is 47.6 Å². The molecule has 0 fully saturated rings. The lowest BCUT2D eigenvalue weighted by molar-refractivity contribution is 0.461. The third-order valence-corrected chi connectivity index (χ3v) is 3.59. The number of hydrogen-bond donors (Lipinski definition) is 2. The summed E-state index contributed by atoms with van der Waals surface area (Å²) >= 11 is 0. The second kappa shape index (κ2) is 11.7. The molecule has 2 rings (SSSR count). The molecule has 1 aromatic heterocycles. The van der Waals surface area contributed by atoms with Crippen molar-refractivity contribution in [3.8, 4) is 11.6 Å². The first-order valence-electron chi connectivity index (χ1n) is 8.54. The molecule has 7 heteroatoms. The molecule has 1 atom stereocenters. The number of guanidine groups is 1. The van der Waals surface area contributed by atoms with E-state index in [0.717, 1.165) is 24.5 Å². The molecule has 1 heterocycles. The maximum atomic E-state index is 12.9. The van der Waals surface area contributed by atoms with Gasteiger partial charge in [-0.05, 0) is 50.1 Å². The molecule has 1 unspecified atom stereocenters. The SMILES string of the molecule is CCNC(=NCc1ccc(Oc2ccc(F)cc2)nc1)NC(C)CC.I. The van der Waals surface area contributed by atoms with Gasteiger partial charge in [-0.25, -0.2) is 14.4 Å². The van der Waals surface area contributed by atoms with Crippen LogP contribution in [0.4, 0.5) is 4.39 Å². The Kier molecular flexibility index (Phi) is 9.93. The fraction of sp³-hybridized carbons (Fsp3) is 0.368. The molecule has 1 aromatic carbocycles. The summed E-state index contributed by atoms with van der Waals surface area (Å²) in [6, 6.07) is 9.90. The lowest BCUT2D eigenvalue weighted by atomic mass is 10.2. The van der Waals surface area contributed by atoms with Gasteiger partial charge in [0.25, 0.3) is 0 Å². The molecular weight excluding hydrogens is 446 g/mol. The zero-order valence-electron chi connectivity index (χ0n) is 15.3. The van der Waals surface area contributed by atoms with Gasteiger partial charge in [-0.2, -0.15) is 0 Å². The number of aliphatic imine (C=N–C) groups is 1. The van der Waals surface area contributed by atoms with Gasteiger partial charge in [-0.1, -0.05) is 13.0 Å². The van der Waals surface area contributed by atoms with E-state index in [-0.39, 0.29) is 29.8 Å². The van der Waals surface area contributed by atoms with Crippen LogP contribution in [0.25, 0.3) is 0 Å². The minimum Gasteiger partial charge on any atom is -0.439 e. The number of hydrogen-bond acceptors (Lipinski definition) is 3. The highest BCUT2D eigenvalue weighted by molar-refractivity contribution is 14.0. The minimum atomic E-state index is -0.295. The maximum absolute atomic E-state index is 12.9. The van der Waals surface area contributed by atoms with Gasteiger partial charge in [-0.3, -0.25) is 0 Å². The van der Waals surface area contributed by atoms with E-state index in [4.69, 9.17) is 4.74 Å². The highest BCUT2D eigenvalue weighted by atomic mass is 127. The van der Waals surface area contributed by atoms with Crippen LogP contribution in [0, 0.1) is 5.82 Å². The minimum absolute atomic E-state index is 0. The first-order chi connectivity index (χ1) is 12.1. The monoisotopic (exact) mass is 472 g/mol. The Bertz CT molecular complexity index is 677. The van der Waals surface area contributed by atoms with Crippen molar-refractivity contribution in [2.75, 3.05) is 6.54 Å². The van der Waals surface area contributed by atoms with E-state index >= 15 is 0 Å². The summed E-state index contributed by atoms with van der Waals surface area (Å²) in [5.74, 6) is 1.51. The molecular formula is C19H26FIN4O. The van der Waals surface area contributed by atoms with Gasteiger partial charge >= 0.3 is 0 Å². The number of halogens is 2. The lowest BCUT2D eigenvalue weighted by Crippen LogP contribution is -2.41. The molecule has 0 aliphatic carbocycles. The Morgan fingerprint density at radius 1 is 1.19 bits per heavy atom. The van der Waals surface area contributed by atoms with Crippen LogP contribution < -0.4 is 15.4 Å². The van der Waals surface area contributed by atoms with Crippen LogP contribution >= 0.6 is 24.0 Å². The third-order valence-electron chi connectivity index (χ3n) is 3.59. The van der Waals surface area contributed by atoms with Crippen molar-refractivity contribution in [3.63, 3.8) is 0 Å². The molecule has 142 valence electrons. The second-order valence-electron chi connectivity index (χ2n) is 5.71. The second-order valence-corrected chi connectivity index (χ2v) is 5.71. The predicted molar refractivity (Wildman–Crippen MR) is 114 cm³/mol. The average Bonchev–Trinajstić information content (AvgIpc) is 2.63. The first kappa shape index (κ1) is 22.1. The van der Waals surface area contributed by atoms with Crippen LogP contribution in [-0.4, -0.2) is 23.5 Å². The Hall–Kier alpha value is -1.90. The Balaban J connectivity index is 0.00000338. The third kappa shape index (κ3) is 7.55. The summed E-state index contributed by atoms with van der Waals surface area (Å²) in [5, 5.41) is 6.58. The molecule has 2 N–H and O–H groups in total. The van der Waals surface area contributed by atoms with Gasteiger partial charge in [0.05, 0.1) is 6.54 Å². The van der Waals surface area contributed by atoms with Crippen LogP contribution in [0.3, 0.4) is 0 Å². The van der Waals surface area contributed by atoms with Crippen molar-refractivity contribution in [1.82, 2.24) is 15.6 Å². The van der Waals surface area contributed by atoms with Gasteiger partial charge < -0.3 is 15.4 Å². The highest BCUT2D eigenvalue weighted by Crippen LogP contribution is 2.19. The van der Waals surface area contributed by atoms with E-state index in [1.807, 2.05) is 13.0 Å². The smallest absolute Gasteiger partial charge is 0.219 e. The molecule has 0 saturated heterocycles. The summed E-state index contributed by atoms with van der Waals surface area (Å²) in [6.45, 7) is 7.62. The Morgan fingerprint density at radius 2 is 1.92 bits per heavy atom. The van der Waals surface area contributed by atoms with E-state index in [1.165, 1.54) is 12.1 Å². The molecule has 0 spiro atoms. The van der Waals surface area contributed by atoms with E-state index in [0.29, 0.717) is 24.2 Å². The summed E-state index contributed by atoms with van der Waals surface area (Å²) in [4.78, 5) is 8.84. The largest absolute Gasteiger partial charge is 0.439 e. The standard InChI is InChI=1S/C19H25FN4O.HI/c1-4-14(3)24-19(21-5-2)23-13-15-6-11-18(22-12-15)25-17-9-7-16(20)8-10-17;/h6-12,14H,4-5,13H2,1-3H3,(H2,21,23,24);1H. The quantitative estimate of drug-likeness (QED) is 0.355. The topological polar surface area (TPSA) is 58.5 Å². The van der Waals surface area contributed by atoms with Crippen molar-refractivity contribution >= 4 is 29.9 Å². The fourth-order valence-corrected chi connectivity index (χ4v) is 2.01. The van der Waals surface area contributed by atoms with Crippen LogP contribution in [0.2, 0.25) is 0 Å². The van der Waals surface area contributed by atoms with E-state index in [9.17, 15) is 4.39 Å². The van der Waals surface area contributed by atoms with Gasteiger partial charge in [0.15, 0.2) is 5.96 Å². The Morgan fingerprint density at radius 3 is 2.50 bits per heavy atom. The van der Waals surface area contributed by atoms with Gasteiger partial charge in [0, 0.05) is 24.8 Å². The van der Waals surface area contributed by atoms with Crippen molar-refractivity contribution in [1.29, 1.82) is 0 Å². The average molecular weight is 472 g/mol. The molecule has 0 amide bonds. The van der Waals surface area contributed by atoms with Crippen molar-refractivity contribution in [2.45, 2.75) is 39.8 Å². The number of aromatic nitrogens is 1. The molecule has 0 saturated carbocycles. The number of benzene rings is 1. The summed E-state index contributed by atoms with van der Waals surface area (Å²) in [5.41, 5.74) is 0.979. The highest BCUT2D eigenvalue weighted by Gasteiger charge is 2.03. The van der Waals surface area contributed by atoms with Gasteiger partial charge in [-0.15, -0.1) is 24.0 Å². The number of ether oxygens (including phenoxy) is 1. The van der Waals surface area contributed by atoms with Crippen molar-refractivity contribution in [3.05, 3.63) is 54.0 Å². The lowest BCUT2D eigenvalue weighted by Gasteiger charge is -2.16. The van der Waals surface area contributed by atoms with E-state index < -0.39 is 0 Å². The van der Waals surface area contributed by atoms with Crippen LogP contribution in [0.1, 0.15) is 32.8 Å². The molecule has 2 aromatic rings. The summed E-state index contributed by atoms with van der Waals surface area (Å²) < 4.78 is 18.5. The molecule has 5 nitrogen and oxygen atoms in total. The first-order valence-corrected chi connectivity index (χ1v) is 8.54. The van der Waals surface area contributed by atoms with Crippen molar-refractivity contribution < 1.29 is 9.13 Å². The zero-order valence-corrected chi connectivity index (χ0v) is 17.7. The van der Waals surface area contributed by atoms with E-state index in [2.05, 4.69) is 34.5 Å². The zero-order chi connectivity index (χ0) is 18.1. The van der Waals surface area contributed by atoms with E-state index in [1.54, 1.807) is 24.4 Å². The molecule has 0 radical (unpaired) electrons. The number of rotatable bonds is 7. The fourth-order valence-electron chi connectivity index (χ4n) is 2.01. The number of nitrogens with one attached hydrogen (secondary N) is 2. The molecule has 0 bridgehead atoms. The molecule has 0 aliphatic rings. The van der Waals surface area contributed by atoms with Crippen molar-refractivity contribution in [2.24, 2.45) is 4.99 Å². The van der Waals surface area contributed by atoms with Crippen LogP contribution in [-0.2, 0) is 6.54 Å². The maximum Gasteiger partial charge on any atom is 0.219 e. The number of nitrogens with zero attached hydrogens (tertiary/aromatic N) is 2. The summed E-state index contributed by atoms with van der Waals surface area (Å²) in [6.07, 6.45) is 2.76. The van der Waals surface area contributed by atoms with Crippen LogP contribution in [0.5, 0.6) is 11.6 Å². The van der Waals surface area contributed by atoms with Gasteiger partial charge in [0.2, 0.25) is 5.88 Å². The predicted octanol–water partition coefficient (Wildman–Crippen LogP) is 4.48. The molecule has 26 heavy (non-hydrogen) atoms. The van der Waals surface area contributed by atoms with Gasteiger partial charge in [0.1, 0.15) is 11.6 Å². The summed E-state index contributed by atoms with van der Waals surface area (Å²) in [7, 11) is 0. The normalized spacial score (nSPS) is 12.1.